The van der Waals surface area contributed by atoms with Crippen LogP contribution < -0.4 is 0 Å². The molecule has 0 aliphatic carbocycles. The summed E-state index contributed by atoms with van der Waals surface area (Å²) in [5.74, 6) is -0.564. The Morgan fingerprint density at radius 2 is 1.50 bits per heavy atom. The molecule has 0 spiro atoms. The van der Waals surface area contributed by atoms with Gasteiger partial charge < -0.3 is 30.3 Å². The van der Waals surface area contributed by atoms with E-state index in [0.29, 0.717) is 0 Å². The second-order valence-corrected chi connectivity index (χ2v) is 5.15. The third-order valence-electron chi connectivity index (χ3n) is 2.32. The predicted octanol–water partition coefficient (Wildman–Crippen LogP) is -1.99. The standard InChI is InChI=1S/C11H22O7/c1-11(2,3)10(17)18-5-7(14)9(16)8(15)6(13)4-12/h6-9,12-16H,4-5H2,1-3H3/t6-,7-,8-,9-/m1/s1. The van der Waals surface area contributed by atoms with Gasteiger partial charge in [-0.25, -0.2) is 0 Å². The molecule has 5 N–H and O–H groups in total. The molecule has 0 heterocycles. The Labute approximate surface area is 106 Å². The number of carbonyl (C=O) groups excluding carboxylic acids is 1. The first kappa shape index (κ1) is 17.3. The quantitative estimate of drug-likeness (QED) is 0.352. The predicted molar refractivity (Wildman–Crippen MR) is 61.5 cm³/mol. The molecule has 7 nitrogen and oxygen atoms in total. The molecule has 0 bridgehead atoms. The average Bonchev–Trinajstić information content (AvgIpc) is 2.31. The first-order valence-corrected chi connectivity index (χ1v) is 5.61. The molecule has 0 aliphatic heterocycles. The zero-order valence-electron chi connectivity index (χ0n) is 10.8. The van der Waals surface area contributed by atoms with Gasteiger partial charge in [-0.2, -0.15) is 0 Å². The Balaban J connectivity index is 4.25. The van der Waals surface area contributed by atoms with Crippen LogP contribution in [0.15, 0.2) is 0 Å². The fourth-order valence-electron chi connectivity index (χ4n) is 1.04. The van der Waals surface area contributed by atoms with Crippen molar-refractivity contribution in [3.05, 3.63) is 0 Å². The van der Waals surface area contributed by atoms with E-state index in [1.807, 2.05) is 0 Å². The van der Waals surface area contributed by atoms with Gasteiger partial charge in [-0.3, -0.25) is 4.79 Å². The van der Waals surface area contributed by atoms with Crippen LogP contribution in [0.3, 0.4) is 0 Å². The van der Waals surface area contributed by atoms with E-state index in [4.69, 9.17) is 14.9 Å². The minimum Gasteiger partial charge on any atom is -0.462 e. The molecule has 4 atom stereocenters. The summed E-state index contributed by atoms with van der Waals surface area (Å²) >= 11 is 0. The topological polar surface area (TPSA) is 127 Å². The van der Waals surface area contributed by atoms with Crippen LogP contribution in [0.2, 0.25) is 0 Å². The summed E-state index contributed by atoms with van der Waals surface area (Å²) in [4.78, 5) is 11.4. The summed E-state index contributed by atoms with van der Waals surface area (Å²) in [5.41, 5.74) is -0.742. The molecule has 0 aromatic heterocycles. The van der Waals surface area contributed by atoms with E-state index in [9.17, 15) is 20.1 Å². The van der Waals surface area contributed by atoms with Crippen LogP contribution >= 0.6 is 0 Å². The zero-order valence-corrected chi connectivity index (χ0v) is 10.8. The van der Waals surface area contributed by atoms with Crippen LogP contribution in [0, 0.1) is 5.41 Å². The van der Waals surface area contributed by atoms with E-state index in [1.54, 1.807) is 20.8 Å². The third-order valence-corrected chi connectivity index (χ3v) is 2.32. The number of hydrogen-bond donors (Lipinski definition) is 5. The fourth-order valence-corrected chi connectivity index (χ4v) is 1.04. The second kappa shape index (κ2) is 7.01. The lowest BCUT2D eigenvalue weighted by atomic mass is 9.97. The van der Waals surface area contributed by atoms with Crippen LogP contribution in [0.1, 0.15) is 20.8 Å². The molecule has 0 unspecified atom stereocenters. The van der Waals surface area contributed by atoms with Gasteiger partial charge in [0.1, 0.15) is 31.0 Å². The zero-order chi connectivity index (χ0) is 14.5. The molecule has 0 radical (unpaired) electrons. The number of esters is 1. The highest BCUT2D eigenvalue weighted by atomic mass is 16.5. The van der Waals surface area contributed by atoms with Gasteiger partial charge in [0.05, 0.1) is 12.0 Å². The molecule has 18 heavy (non-hydrogen) atoms. The maximum Gasteiger partial charge on any atom is 0.311 e. The van der Waals surface area contributed by atoms with Crippen LogP contribution in [0.25, 0.3) is 0 Å². The lowest BCUT2D eigenvalue weighted by Crippen LogP contribution is -2.47. The first-order valence-electron chi connectivity index (χ1n) is 5.61. The fraction of sp³-hybridized carbons (Fsp3) is 0.909. The molecular weight excluding hydrogens is 244 g/mol. The smallest absolute Gasteiger partial charge is 0.311 e. The Hall–Kier alpha value is -0.730. The minimum absolute atomic E-state index is 0.507. The van der Waals surface area contributed by atoms with Crippen LogP contribution in [-0.4, -0.2) is 69.1 Å². The number of aliphatic hydroxyl groups is 5. The third kappa shape index (κ3) is 5.28. The molecule has 0 rings (SSSR count). The highest BCUT2D eigenvalue weighted by molar-refractivity contribution is 5.75. The van der Waals surface area contributed by atoms with Crippen molar-refractivity contribution in [1.82, 2.24) is 0 Å². The highest BCUT2D eigenvalue weighted by Gasteiger charge is 2.32. The molecule has 0 aromatic rings. The van der Waals surface area contributed by atoms with E-state index in [2.05, 4.69) is 0 Å². The van der Waals surface area contributed by atoms with Gasteiger partial charge in [-0.15, -0.1) is 0 Å². The number of aliphatic hydroxyl groups excluding tert-OH is 5. The van der Waals surface area contributed by atoms with Crippen molar-refractivity contribution in [3.8, 4) is 0 Å². The SMILES string of the molecule is CC(C)(C)C(=O)OC[C@@H](O)[C@@H](O)[C@H](O)[C@H](O)CO. The molecular formula is C11H22O7. The molecule has 0 saturated heterocycles. The van der Waals surface area contributed by atoms with E-state index in [0.717, 1.165) is 0 Å². The lowest BCUT2D eigenvalue weighted by Gasteiger charge is -2.26. The van der Waals surface area contributed by atoms with Gasteiger partial charge in [0.25, 0.3) is 0 Å². The van der Waals surface area contributed by atoms with Gasteiger partial charge in [0.2, 0.25) is 0 Å². The number of hydrogen-bond acceptors (Lipinski definition) is 7. The van der Waals surface area contributed by atoms with Crippen LogP contribution in [-0.2, 0) is 9.53 Å². The van der Waals surface area contributed by atoms with Crippen molar-refractivity contribution in [1.29, 1.82) is 0 Å². The Morgan fingerprint density at radius 3 is 1.89 bits per heavy atom. The maximum atomic E-state index is 11.4. The summed E-state index contributed by atoms with van der Waals surface area (Å²) in [6, 6.07) is 0. The number of ether oxygens (including phenoxy) is 1. The summed E-state index contributed by atoms with van der Waals surface area (Å²) in [6.45, 7) is 3.62. The van der Waals surface area contributed by atoms with Crippen molar-refractivity contribution in [2.75, 3.05) is 13.2 Å². The van der Waals surface area contributed by atoms with Crippen molar-refractivity contribution in [3.63, 3.8) is 0 Å². The van der Waals surface area contributed by atoms with Crippen LogP contribution in [0.5, 0.6) is 0 Å². The first-order chi connectivity index (χ1) is 8.11. The van der Waals surface area contributed by atoms with Gasteiger partial charge >= 0.3 is 5.97 Å². The summed E-state index contributed by atoms with van der Waals surface area (Å²) in [7, 11) is 0. The summed E-state index contributed by atoms with van der Waals surface area (Å²) in [6.07, 6.45) is -6.57. The minimum atomic E-state index is -1.72. The Morgan fingerprint density at radius 1 is 1.06 bits per heavy atom. The molecule has 0 amide bonds. The van der Waals surface area contributed by atoms with E-state index in [1.165, 1.54) is 0 Å². The molecule has 0 fully saturated rings. The maximum absolute atomic E-state index is 11.4. The van der Waals surface area contributed by atoms with E-state index in [-0.39, 0.29) is 0 Å². The van der Waals surface area contributed by atoms with E-state index >= 15 is 0 Å². The van der Waals surface area contributed by atoms with Gasteiger partial charge in [-0.05, 0) is 20.8 Å². The van der Waals surface area contributed by atoms with Crippen molar-refractivity contribution < 1.29 is 35.1 Å². The Kier molecular flexibility index (Phi) is 6.72. The normalized spacial score (nSPS) is 18.9. The monoisotopic (exact) mass is 266 g/mol. The molecule has 0 saturated carbocycles. The van der Waals surface area contributed by atoms with Gasteiger partial charge in [-0.1, -0.05) is 0 Å². The molecule has 0 aliphatic rings. The summed E-state index contributed by atoms with van der Waals surface area (Å²) in [5, 5.41) is 45.9. The molecule has 7 heteroatoms. The average molecular weight is 266 g/mol. The van der Waals surface area contributed by atoms with E-state index < -0.39 is 49.0 Å². The number of rotatable bonds is 6. The molecule has 0 aromatic carbocycles. The van der Waals surface area contributed by atoms with Crippen molar-refractivity contribution in [2.24, 2.45) is 5.41 Å². The van der Waals surface area contributed by atoms with Crippen LogP contribution in [0.4, 0.5) is 0 Å². The Bertz CT molecular complexity index is 261. The lowest BCUT2D eigenvalue weighted by molar-refractivity contribution is -0.164. The van der Waals surface area contributed by atoms with Crippen molar-refractivity contribution >= 4 is 5.97 Å². The van der Waals surface area contributed by atoms with Crippen molar-refractivity contribution in [2.45, 2.75) is 45.2 Å². The number of carbonyl (C=O) groups is 1. The van der Waals surface area contributed by atoms with Gasteiger partial charge in [0.15, 0.2) is 0 Å². The highest BCUT2D eigenvalue weighted by Crippen LogP contribution is 2.15. The molecule has 108 valence electrons. The second-order valence-electron chi connectivity index (χ2n) is 5.15. The van der Waals surface area contributed by atoms with Gasteiger partial charge in [0, 0.05) is 0 Å². The summed E-state index contributed by atoms with van der Waals surface area (Å²) < 4.78 is 4.75. The largest absolute Gasteiger partial charge is 0.462 e.